The molecular formula is C14H25ClN4O. The predicted octanol–water partition coefficient (Wildman–Crippen LogP) is 1.83. The summed E-state index contributed by atoms with van der Waals surface area (Å²) >= 11 is 6.15. The van der Waals surface area contributed by atoms with Crippen molar-refractivity contribution in [3.05, 3.63) is 16.7 Å². The highest BCUT2D eigenvalue weighted by atomic mass is 35.5. The van der Waals surface area contributed by atoms with Crippen LogP contribution >= 0.6 is 11.6 Å². The Morgan fingerprint density at radius 1 is 1.55 bits per heavy atom. The van der Waals surface area contributed by atoms with E-state index in [0.29, 0.717) is 11.7 Å². The fourth-order valence-electron chi connectivity index (χ4n) is 2.37. The highest BCUT2D eigenvalue weighted by Gasteiger charge is 2.17. The van der Waals surface area contributed by atoms with Crippen LogP contribution in [-0.4, -0.2) is 54.3 Å². The van der Waals surface area contributed by atoms with Crippen molar-refractivity contribution in [3.63, 3.8) is 0 Å². The number of likely N-dealkylation sites (N-methyl/N-ethyl adjacent to an activating group) is 1. The number of imidazole rings is 1. The van der Waals surface area contributed by atoms with E-state index in [4.69, 9.17) is 16.3 Å². The third-order valence-electron chi connectivity index (χ3n) is 3.56. The summed E-state index contributed by atoms with van der Waals surface area (Å²) in [5.74, 6) is 0.988. The van der Waals surface area contributed by atoms with Crippen LogP contribution in [0.15, 0.2) is 0 Å². The maximum absolute atomic E-state index is 6.15. The van der Waals surface area contributed by atoms with E-state index >= 15 is 0 Å². The largest absolute Gasteiger partial charge is 0.374 e. The molecular weight excluding hydrogens is 276 g/mol. The van der Waals surface area contributed by atoms with Gasteiger partial charge in [-0.3, -0.25) is 0 Å². The van der Waals surface area contributed by atoms with Crippen LogP contribution in [0.5, 0.6) is 0 Å². The first-order valence-corrected chi connectivity index (χ1v) is 7.81. The summed E-state index contributed by atoms with van der Waals surface area (Å²) in [6.45, 7) is 6.53. The monoisotopic (exact) mass is 300 g/mol. The first-order valence-electron chi connectivity index (χ1n) is 7.43. The molecule has 0 amide bonds. The van der Waals surface area contributed by atoms with E-state index in [1.165, 1.54) is 6.42 Å². The Kier molecular flexibility index (Phi) is 6.29. The molecule has 0 unspecified atom stereocenters. The van der Waals surface area contributed by atoms with Crippen LogP contribution < -0.4 is 5.32 Å². The van der Waals surface area contributed by atoms with Gasteiger partial charge in [0, 0.05) is 32.6 Å². The van der Waals surface area contributed by atoms with Crippen LogP contribution in [-0.2, 0) is 17.7 Å². The summed E-state index contributed by atoms with van der Waals surface area (Å²) < 4.78 is 5.71. The summed E-state index contributed by atoms with van der Waals surface area (Å²) in [7, 11) is 2.13. The van der Waals surface area contributed by atoms with Gasteiger partial charge in [-0.1, -0.05) is 24.9 Å². The number of ether oxygens (including phenoxy) is 1. The summed E-state index contributed by atoms with van der Waals surface area (Å²) in [6, 6.07) is 0. The third-order valence-corrected chi connectivity index (χ3v) is 3.87. The molecule has 1 aromatic heterocycles. The van der Waals surface area contributed by atoms with Crippen molar-refractivity contribution in [2.75, 3.05) is 33.3 Å². The van der Waals surface area contributed by atoms with Crippen LogP contribution in [0.2, 0.25) is 5.15 Å². The molecule has 0 aliphatic carbocycles. The summed E-state index contributed by atoms with van der Waals surface area (Å²) in [6.07, 6.45) is 3.53. The zero-order chi connectivity index (χ0) is 14.4. The number of hydrogen-bond acceptors (Lipinski definition) is 4. The first-order chi connectivity index (χ1) is 9.69. The second kappa shape index (κ2) is 7.98. The molecule has 0 spiro atoms. The normalized spacial score (nSPS) is 20.4. The van der Waals surface area contributed by atoms with Gasteiger partial charge < -0.3 is 19.9 Å². The molecule has 1 atom stereocenters. The van der Waals surface area contributed by atoms with Crippen LogP contribution in [0.3, 0.4) is 0 Å². The molecule has 2 heterocycles. The van der Waals surface area contributed by atoms with Crippen LogP contribution in [0.25, 0.3) is 0 Å². The second-order valence-corrected chi connectivity index (χ2v) is 5.80. The van der Waals surface area contributed by atoms with Crippen molar-refractivity contribution in [2.45, 2.75) is 38.8 Å². The average molecular weight is 301 g/mol. The molecule has 5 nitrogen and oxygen atoms in total. The highest BCUT2D eigenvalue weighted by Crippen LogP contribution is 2.14. The van der Waals surface area contributed by atoms with Gasteiger partial charge in [0.2, 0.25) is 0 Å². The Morgan fingerprint density at radius 3 is 3.15 bits per heavy atom. The van der Waals surface area contributed by atoms with Gasteiger partial charge in [-0.2, -0.15) is 0 Å². The van der Waals surface area contributed by atoms with Crippen molar-refractivity contribution in [1.29, 1.82) is 0 Å². The number of hydrogen-bond donors (Lipinski definition) is 2. The molecule has 20 heavy (non-hydrogen) atoms. The number of aromatic nitrogens is 2. The number of unbranched alkanes of at least 4 members (excludes halogenated alkanes) is 1. The van der Waals surface area contributed by atoms with Crippen molar-refractivity contribution >= 4 is 11.6 Å². The van der Waals surface area contributed by atoms with Gasteiger partial charge in [0.15, 0.2) is 5.15 Å². The summed E-state index contributed by atoms with van der Waals surface area (Å²) in [4.78, 5) is 9.96. The van der Waals surface area contributed by atoms with Gasteiger partial charge in [0.25, 0.3) is 0 Å². The Labute approximate surface area is 126 Å². The summed E-state index contributed by atoms with van der Waals surface area (Å²) in [5.41, 5.74) is 0.974. The number of halogens is 1. The molecule has 1 saturated heterocycles. The predicted molar refractivity (Wildman–Crippen MR) is 81.2 cm³/mol. The lowest BCUT2D eigenvalue weighted by Gasteiger charge is -2.30. The zero-order valence-corrected chi connectivity index (χ0v) is 13.2. The Hall–Kier alpha value is -0.620. The van der Waals surface area contributed by atoms with Gasteiger partial charge in [0.1, 0.15) is 5.82 Å². The average Bonchev–Trinajstić information content (AvgIpc) is 2.77. The van der Waals surface area contributed by atoms with E-state index in [2.05, 4.69) is 34.2 Å². The molecule has 1 aromatic rings. The fraction of sp³-hybridized carbons (Fsp3) is 0.786. The topological polar surface area (TPSA) is 53.2 Å². The number of morpholine rings is 1. The molecule has 6 heteroatoms. The Morgan fingerprint density at radius 2 is 2.40 bits per heavy atom. The second-order valence-electron chi connectivity index (χ2n) is 5.44. The molecule has 0 radical (unpaired) electrons. The lowest BCUT2D eigenvalue weighted by atomic mass is 10.2. The maximum atomic E-state index is 6.15. The van der Waals surface area contributed by atoms with Crippen molar-refractivity contribution in [2.24, 2.45) is 0 Å². The van der Waals surface area contributed by atoms with Crippen LogP contribution in [0.4, 0.5) is 0 Å². The standard InChI is InChI=1S/C14H25ClN4O/c1-3-4-5-13-17-12(14(15)18-13)9-16-8-11-10-19(2)6-7-20-11/h11,16H,3-10H2,1-2H3,(H,17,18)/t11-/m0/s1. The van der Waals surface area contributed by atoms with Gasteiger partial charge in [0.05, 0.1) is 18.4 Å². The maximum Gasteiger partial charge on any atom is 0.151 e. The third kappa shape index (κ3) is 4.74. The lowest BCUT2D eigenvalue weighted by Crippen LogP contribution is -2.44. The first kappa shape index (κ1) is 15.8. The van der Waals surface area contributed by atoms with Gasteiger partial charge in [-0.05, 0) is 13.5 Å². The number of H-pyrrole nitrogens is 1. The Bertz CT molecular complexity index is 410. The number of nitrogens with zero attached hydrogens (tertiary/aromatic N) is 2. The molecule has 0 saturated carbocycles. The van der Waals surface area contributed by atoms with E-state index < -0.39 is 0 Å². The minimum absolute atomic E-state index is 0.259. The fourth-order valence-corrected chi connectivity index (χ4v) is 2.58. The van der Waals surface area contributed by atoms with Crippen molar-refractivity contribution in [3.8, 4) is 0 Å². The molecule has 1 aliphatic heterocycles. The van der Waals surface area contributed by atoms with Crippen LogP contribution in [0.1, 0.15) is 31.3 Å². The zero-order valence-electron chi connectivity index (χ0n) is 12.4. The van der Waals surface area contributed by atoms with E-state index in [-0.39, 0.29) is 6.10 Å². The number of aryl methyl sites for hydroxylation is 1. The highest BCUT2D eigenvalue weighted by molar-refractivity contribution is 6.30. The van der Waals surface area contributed by atoms with E-state index in [1.54, 1.807) is 0 Å². The van der Waals surface area contributed by atoms with E-state index in [1.807, 2.05) is 0 Å². The smallest absolute Gasteiger partial charge is 0.151 e. The molecule has 2 rings (SSSR count). The summed E-state index contributed by atoms with van der Waals surface area (Å²) in [5, 5.41) is 3.98. The quantitative estimate of drug-likeness (QED) is 0.806. The number of rotatable bonds is 7. The molecule has 1 aliphatic rings. The van der Waals surface area contributed by atoms with E-state index in [0.717, 1.165) is 50.6 Å². The van der Waals surface area contributed by atoms with Gasteiger partial charge in [-0.25, -0.2) is 4.98 Å². The molecule has 2 N–H and O–H groups in total. The van der Waals surface area contributed by atoms with Gasteiger partial charge in [-0.15, -0.1) is 0 Å². The number of nitrogens with one attached hydrogen (secondary N) is 2. The number of aromatic amines is 1. The molecule has 0 aromatic carbocycles. The SMILES string of the molecule is CCCCc1nc(Cl)c(CNC[C@H]2CN(C)CCO2)[nH]1. The molecule has 1 fully saturated rings. The minimum atomic E-state index is 0.259. The van der Waals surface area contributed by atoms with Gasteiger partial charge >= 0.3 is 0 Å². The molecule has 114 valence electrons. The van der Waals surface area contributed by atoms with Crippen LogP contribution in [0, 0.1) is 0 Å². The van der Waals surface area contributed by atoms with Crippen molar-refractivity contribution < 1.29 is 4.74 Å². The van der Waals surface area contributed by atoms with Crippen molar-refractivity contribution in [1.82, 2.24) is 20.2 Å². The van der Waals surface area contributed by atoms with E-state index in [9.17, 15) is 0 Å². The molecule has 0 bridgehead atoms. The lowest BCUT2D eigenvalue weighted by molar-refractivity contribution is -0.0182. The Balaban J connectivity index is 1.74. The minimum Gasteiger partial charge on any atom is -0.374 e.